The minimum absolute atomic E-state index is 0.0844. The molecule has 2 aliphatic carbocycles. The molecule has 0 radical (unpaired) electrons. The topological polar surface area (TPSA) is 103 Å². The molecule has 3 aliphatic rings. The maximum atomic E-state index is 12.9. The monoisotopic (exact) mass is 438 g/mol. The summed E-state index contributed by atoms with van der Waals surface area (Å²) in [5.74, 6) is 2.27. The molecule has 162 valence electrons. The molecule has 1 N–H and O–H groups in total. The van der Waals surface area contributed by atoms with Crippen LogP contribution < -0.4 is 9.47 Å². The van der Waals surface area contributed by atoms with Crippen LogP contribution in [0.1, 0.15) is 58.3 Å². The number of hydrogen-bond donors (Lipinski definition) is 1. The Kier molecular flexibility index (Phi) is 6.43. The first kappa shape index (κ1) is 21.6. The molecule has 6 nitrogen and oxygen atoms in total. The lowest BCUT2D eigenvalue weighted by Crippen LogP contribution is -2.29. The van der Waals surface area contributed by atoms with Gasteiger partial charge in [0.2, 0.25) is 0 Å². The van der Waals surface area contributed by atoms with Crippen molar-refractivity contribution in [2.75, 3.05) is 0 Å². The van der Waals surface area contributed by atoms with E-state index >= 15 is 0 Å². The minimum Gasteiger partial charge on any atom is -0.504 e. The average molecular weight is 439 g/mol. The van der Waals surface area contributed by atoms with Gasteiger partial charge in [-0.25, -0.2) is 0 Å². The molecule has 1 aromatic carbocycles. The molecule has 2 fully saturated rings. The predicted octanol–water partition coefficient (Wildman–Crippen LogP) is 5.67. The van der Waals surface area contributed by atoms with Gasteiger partial charge in [-0.2, -0.15) is 10.5 Å². The third kappa shape index (κ3) is 4.52. The Hall–Kier alpha value is -2.64. The number of phenols is 1. The molecule has 1 aliphatic heterocycles. The first-order valence-electron chi connectivity index (χ1n) is 11.0. The van der Waals surface area contributed by atoms with Gasteiger partial charge in [-0.3, -0.25) is 4.79 Å². The number of carbonyl (C=O) groups excluding carboxylic acids is 1. The van der Waals surface area contributed by atoms with Crippen LogP contribution in [0.5, 0.6) is 17.2 Å². The number of carbonyl (C=O) groups is 1. The van der Waals surface area contributed by atoms with Crippen molar-refractivity contribution in [1.82, 2.24) is 0 Å². The maximum absolute atomic E-state index is 12.9. The molecule has 2 saturated carbocycles. The highest BCUT2D eigenvalue weighted by molar-refractivity contribution is 8.03. The Morgan fingerprint density at radius 1 is 1.06 bits per heavy atom. The van der Waals surface area contributed by atoms with Gasteiger partial charge in [0.25, 0.3) is 0 Å². The molecule has 0 spiro atoms. The van der Waals surface area contributed by atoms with E-state index in [4.69, 9.17) is 20.0 Å². The van der Waals surface area contributed by atoms with Gasteiger partial charge in [0.05, 0.1) is 5.92 Å². The maximum Gasteiger partial charge on any atom is 0.314 e. The quantitative estimate of drug-likeness (QED) is 0.368. The number of nitriles is 2. The van der Waals surface area contributed by atoms with Crippen LogP contribution in [0.4, 0.5) is 0 Å². The lowest BCUT2D eigenvalue weighted by molar-refractivity contribution is -0.140. The fourth-order valence-corrected chi connectivity index (χ4v) is 5.96. The number of fused-ring (bicyclic) bond motifs is 1. The number of aromatic hydroxyl groups is 1. The lowest BCUT2D eigenvalue weighted by atomic mass is 9.69. The van der Waals surface area contributed by atoms with Crippen molar-refractivity contribution in [2.45, 2.75) is 63.2 Å². The zero-order valence-corrected chi connectivity index (χ0v) is 18.4. The zero-order valence-electron chi connectivity index (χ0n) is 17.6. The summed E-state index contributed by atoms with van der Waals surface area (Å²) in [6.45, 7) is 2.34. The fraction of sp³-hybridized carbons (Fsp3) is 0.542. The third-order valence-electron chi connectivity index (χ3n) is 6.92. The van der Waals surface area contributed by atoms with E-state index < -0.39 is 0 Å². The van der Waals surface area contributed by atoms with Crippen LogP contribution in [-0.2, 0) is 4.79 Å². The molecule has 0 saturated heterocycles. The summed E-state index contributed by atoms with van der Waals surface area (Å²) in [6, 6.07) is 6.47. The molecule has 31 heavy (non-hydrogen) atoms. The van der Waals surface area contributed by atoms with Crippen molar-refractivity contribution in [1.29, 1.82) is 10.5 Å². The highest BCUT2D eigenvalue weighted by Crippen LogP contribution is 2.53. The summed E-state index contributed by atoms with van der Waals surface area (Å²) in [6.07, 6.45) is 9.13. The van der Waals surface area contributed by atoms with E-state index in [9.17, 15) is 9.90 Å². The molecular formula is C24H26N2O4S. The van der Waals surface area contributed by atoms with Gasteiger partial charge in [-0.1, -0.05) is 19.8 Å². The van der Waals surface area contributed by atoms with Crippen molar-refractivity contribution >= 4 is 17.7 Å². The second kappa shape index (κ2) is 9.24. The Morgan fingerprint density at radius 2 is 1.68 bits per heavy atom. The Bertz CT molecular complexity index is 959. The van der Waals surface area contributed by atoms with Gasteiger partial charge in [-0.15, -0.1) is 0 Å². The molecule has 1 aromatic rings. The summed E-state index contributed by atoms with van der Waals surface area (Å²) in [7, 11) is 0. The number of esters is 1. The van der Waals surface area contributed by atoms with E-state index in [1.807, 2.05) is 0 Å². The van der Waals surface area contributed by atoms with Crippen LogP contribution in [0.2, 0.25) is 0 Å². The van der Waals surface area contributed by atoms with Crippen LogP contribution in [0, 0.1) is 46.3 Å². The molecule has 0 amide bonds. The van der Waals surface area contributed by atoms with Gasteiger partial charge in [0.15, 0.2) is 22.2 Å². The number of phenolic OH excluding ortho intramolecular Hbond substituents is 1. The number of rotatable bonds is 3. The molecule has 0 aromatic heterocycles. The van der Waals surface area contributed by atoms with E-state index in [0.717, 1.165) is 55.2 Å². The molecule has 0 atom stereocenters. The average Bonchev–Trinajstić information content (AvgIpc) is 3.23. The Morgan fingerprint density at radius 3 is 2.29 bits per heavy atom. The van der Waals surface area contributed by atoms with Crippen molar-refractivity contribution in [3.05, 3.63) is 22.8 Å². The largest absolute Gasteiger partial charge is 0.504 e. The van der Waals surface area contributed by atoms with Crippen LogP contribution in [0.15, 0.2) is 27.7 Å². The van der Waals surface area contributed by atoms with Crippen molar-refractivity contribution in [3.8, 4) is 29.4 Å². The second-order valence-corrected chi connectivity index (χ2v) is 9.87. The predicted molar refractivity (Wildman–Crippen MR) is 115 cm³/mol. The Labute approximate surface area is 186 Å². The highest BCUT2D eigenvalue weighted by atomic mass is 32.2. The Balaban J connectivity index is 1.40. The summed E-state index contributed by atoms with van der Waals surface area (Å²) >= 11 is 1.02. The number of benzene rings is 1. The van der Waals surface area contributed by atoms with Crippen molar-refractivity contribution in [2.24, 2.45) is 23.7 Å². The second-order valence-electron chi connectivity index (χ2n) is 8.88. The summed E-state index contributed by atoms with van der Waals surface area (Å²) in [5, 5.41) is 28.3. The van der Waals surface area contributed by atoms with Gasteiger partial charge >= 0.3 is 5.97 Å². The number of nitrogens with zero attached hydrogens (tertiary/aromatic N) is 2. The van der Waals surface area contributed by atoms with Gasteiger partial charge in [0, 0.05) is 0 Å². The first-order chi connectivity index (χ1) is 15.0. The number of thioether (sulfide) groups is 1. The van der Waals surface area contributed by atoms with E-state index in [1.54, 1.807) is 12.1 Å². The number of allylic oxidation sites excluding steroid dienone is 1. The summed E-state index contributed by atoms with van der Waals surface area (Å²) < 4.78 is 11.2. The van der Waals surface area contributed by atoms with Crippen LogP contribution in [0.25, 0.3) is 0 Å². The molecule has 0 bridgehead atoms. The first-order valence-corrected chi connectivity index (χ1v) is 11.8. The fourth-order valence-electron chi connectivity index (χ4n) is 5.01. The van der Waals surface area contributed by atoms with E-state index in [2.05, 4.69) is 6.92 Å². The smallest absolute Gasteiger partial charge is 0.314 e. The van der Waals surface area contributed by atoms with E-state index in [0.29, 0.717) is 4.90 Å². The number of ether oxygens (including phenoxy) is 2. The molecule has 4 rings (SSSR count). The lowest BCUT2D eigenvalue weighted by Gasteiger charge is -2.36. The highest BCUT2D eigenvalue weighted by Gasteiger charge is 2.35. The van der Waals surface area contributed by atoms with Crippen LogP contribution >= 0.6 is 11.8 Å². The van der Waals surface area contributed by atoms with Crippen LogP contribution in [-0.4, -0.2) is 11.1 Å². The van der Waals surface area contributed by atoms with Gasteiger partial charge in [-0.05, 0) is 80.2 Å². The van der Waals surface area contributed by atoms with Gasteiger partial charge < -0.3 is 14.6 Å². The standard InChI is InChI=1S/C24H26N2O4S/c1-14-2-4-15(5-3-14)16-6-8-17(9-7-16)23(28)29-20-11-10-19(27)21-22(20)31-24(30-21)18(12-25)13-26/h10-11,14-17,27H,2-9H2,1H3. The molecular weight excluding hydrogens is 412 g/mol. The van der Waals surface area contributed by atoms with Gasteiger partial charge in [0.1, 0.15) is 22.8 Å². The van der Waals surface area contributed by atoms with Crippen molar-refractivity contribution < 1.29 is 19.4 Å². The van der Waals surface area contributed by atoms with Crippen molar-refractivity contribution in [3.63, 3.8) is 0 Å². The molecule has 1 heterocycles. The molecule has 7 heteroatoms. The van der Waals surface area contributed by atoms with E-state index in [-0.39, 0.29) is 39.8 Å². The normalized spacial score (nSPS) is 27.4. The van der Waals surface area contributed by atoms with E-state index in [1.165, 1.54) is 37.8 Å². The SMILES string of the molecule is CC1CCC(C2CCC(C(=O)Oc3ccc(O)c4c3SC(=C(C#N)C#N)O4)CC2)CC1. The zero-order chi connectivity index (χ0) is 22.0. The number of hydrogen-bond acceptors (Lipinski definition) is 7. The summed E-state index contributed by atoms with van der Waals surface area (Å²) in [4.78, 5) is 13.3. The minimum atomic E-state index is -0.262. The molecule has 0 unspecified atom stereocenters. The summed E-state index contributed by atoms with van der Waals surface area (Å²) in [5.41, 5.74) is -0.187. The third-order valence-corrected chi connectivity index (χ3v) is 7.98. The van der Waals surface area contributed by atoms with Crippen LogP contribution in [0.3, 0.4) is 0 Å².